The first kappa shape index (κ1) is 19.0. The third-order valence-electron chi connectivity index (χ3n) is 4.06. The van der Waals surface area contributed by atoms with Gasteiger partial charge in [-0.15, -0.1) is 0 Å². The van der Waals surface area contributed by atoms with Crippen molar-refractivity contribution in [3.05, 3.63) is 58.7 Å². The summed E-state index contributed by atoms with van der Waals surface area (Å²) >= 11 is 0. The molecule has 4 nitrogen and oxygen atoms in total. The lowest BCUT2D eigenvalue weighted by molar-refractivity contribution is 0.102. The lowest BCUT2D eigenvalue weighted by atomic mass is 10.0. The Morgan fingerprint density at radius 2 is 1.84 bits per heavy atom. The molecule has 0 heterocycles. The third-order valence-corrected chi connectivity index (χ3v) is 4.06. The molecule has 2 aromatic rings. The molecule has 0 aliphatic heterocycles. The van der Waals surface area contributed by atoms with Crippen molar-refractivity contribution < 1.29 is 14.3 Å². The lowest BCUT2D eigenvalue weighted by Crippen LogP contribution is -2.15. The molecule has 0 aliphatic rings. The number of hydrogen-bond acceptors (Lipinski definition) is 3. The Kier molecular flexibility index (Phi) is 7.02. The van der Waals surface area contributed by atoms with Crippen LogP contribution in [0.3, 0.4) is 0 Å². The minimum atomic E-state index is -0.121. The molecule has 0 fully saturated rings. The van der Waals surface area contributed by atoms with Gasteiger partial charge in [-0.1, -0.05) is 25.1 Å². The van der Waals surface area contributed by atoms with Gasteiger partial charge in [-0.2, -0.15) is 0 Å². The number of rotatable bonds is 8. The van der Waals surface area contributed by atoms with E-state index in [1.54, 1.807) is 6.07 Å². The molecule has 2 aromatic carbocycles. The zero-order valence-electron chi connectivity index (χ0n) is 15.5. The van der Waals surface area contributed by atoms with Gasteiger partial charge in [0.05, 0.1) is 13.2 Å². The van der Waals surface area contributed by atoms with Crippen LogP contribution in [0.15, 0.2) is 36.4 Å². The van der Waals surface area contributed by atoms with Gasteiger partial charge >= 0.3 is 0 Å². The minimum Gasteiger partial charge on any atom is -0.494 e. The summed E-state index contributed by atoms with van der Waals surface area (Å²) in [5, 5.41) is 3.06. The predicted octanol–water partition coefficient (Wildman–Crippen LogP) is 4.74. The second-order valence-corrected chi connectivity index (χ2v) is 5.81. The highest BCUT2D eigenvalue weighted by molar-refractivity contribution is 6.05. The van der Waals surface area contributed by atoms with E-state index in [1.165, 1.54) is 0 Å². The van der Waals surface area contributed by atoms with Crippen LogP contribution in [0.5, 0.6) is 5.75 Å². The standard InChI is InChI=1S/C21H27NO3/c1-5-16-10-8-9-15(4)20(16)22-21(23)17-11-12-19(25-7-3)18(13-17)14-24-6-2/h8-13H,5-7,14H2,1-4H3,(H,22,23). The van der Waals surface area contributed by atoms with Gasteiger partial charge in [0, 0.05) is 23.4 Å². The summed E-state index contributed by atoms with van der Waals surface area (Å²) in [6.07, 6.45) is 0.871. The molecular formula is C21H27NO3. The van der Waals surface area contributed by atoms with Crippen LogP contribution in [0.25, 0.3) is 0 Å². The van der Waals surface area contributed by atoms with E-state index in [9.17, 15) is 4.79 Å². The van der Waals surface area contributed by atoms with Crippen LogP contribution < -0.4 is 10.1 Å². The molecule has 0 bridgehead atoms. The molecular weight excluding hydrogens is 314 g/mol. The fraction of sp³-hybridized carbons (Fsp3) is 0.381. The SMILES string of the molecule is CCOCc1cc(C(=O)Nc2c(C)cccc2CC)ccc1OCC. The summed E-state index contributed by atoms with van der Waals surface area (Å²) in [6, 6.07) is 11.5. The number of ether oxygens (including phenoxy) is 2. The Morgan fingerprint density at radius 1 is 1.04 bits per heavy atom. The first-order valence-corrected chi connectivity index (χ1v) is 8.83. The van der Waals surface area contributed by atoms with Crippen molar-refractivity contribution in [2.45, 2.75) is 40.7 Å². The van der Waals surface area contributed by atoms with E-state index in [0.29, 0.717) is 25.4 Å². The predicted molar refractivity (Wildman–Crippen MR) is 101 cm³/mol. The average molecular weight is 341 g/mol. The van der Waals surface area contributed by atoms with Crippen LogP contribution in [-0.4, -0.2) is 19.1 Å². The molecule has 0 radical (unpaired) electrons. The second kappa shape index (κ2) is 9.23. The molecule has 0 aromatic heterocycles. The van der Waals surface area contributed by atoms with Gasteiger partial charge in [0.25, 0.3) is 5.91 Å². The van der Waals surface area contributed by atoms with Crippen molar-refractivity contribution in [3.8, 4) is 5.75 Å². The first-order chi connectivity index (χ1) is 12.1. The first-order valence-electron chi connectivity index (χ1n) is 8.83. The normalized spacial score (nSPS) is 10.6. The van der Waals surface area contributed by atoms with Gasteiger partial charge in [-0.25, -0.2) is 0 Å². The van der Waals surface area contributed by atoms with Crippen molar-refractivity contribution in [2.75, 3.05) is 18.5 Å². The molecule has 0 aliphatic carbocycles. The number of carbonyl (C=O) groups excluding carboxylic acids is 1. The number of nitrogens with one attached hydrogen (secondary N) is 1. The van der Waals surface area contributed by atoms with E-state index in [0.717, 1.165) is 34.5 Å². The van der Waals surface area contributed by atoms with Crippen molar-refractivity contribution in [1.82, 2.24) is 0 Å². The molecule has 1 amide bonds. The highest BCUT2D eigenvalue weighted by atomic mass is 16.5. The molecule has 134 valence electrons. The molecule has 2 rings (SSSR count). The van der Waals surface area contributed by atoms with Gasteiger partial charge in [-0.05, 0) is 56.5 Å². The Morgan fingerprint density at radius 3 is 2.52 bits per heavy atom. The zero-order chi connectivity index (χ0) is 18.2. The van der Waals surface area contributed by atoms with E-state index in [2.05, 4.69) is 12.2 Å². The van der Waals surface area contributed by atoms with Crippen LogP contribution in [0.2, 0.25) is 0 Å². The number of amides is 1. The van der Waals surface area contributed by atoms with Crippen molar-refractivity contribution in [1.29, 1.82) is 0 Å². The van der Waals surface area contributed by atoms with Crippen LogP contribution in [0, 0.1) is 6.92 Å². The van der Waals surface area contributed by atoms with Crippen LogP contribution >= 0.6 is 0 Å². The lowest BCUT2D eigenvalue weighted by Gasteiger charge is -2.15. The summed E-state index contributed by atoms with van der Waals surface area (Å²) in [7, 11) is 0. The van der Waals surface area contributed by atoms with Gasteiger partial charge in [0.2, 0.25) is 0 Å². The van der Waals surface area contributed by atoms with E-state index < -0.39 is 0 Å². The Labute approximate surface area is 150 Å². The van der Waals surface area contributed by atoms with Crippen molar-refractivity contribution >= 4 is 11.6 Å². The maximum Gasteiger partial charge on any atom is 0.255 e. The summed E-state index contributed by atoms with van der Waals surface area (Å²) < 4.78 is 11.1. The fourth-order valence-corrected chi connectivity index (χ4v) is 2.73. The Balaban J connectivity index is 2.27. The van der Waals surface area contributed by atoms with E-state index >= 15 is 0 Å². The molecule has 0 spiro atoms. The number of aryl methyl sites for hydroxylation is 2. The summed E-state index contributed by atoms with van der Waals surface area (Å²) in [5.74, 6) is 0.641. The summed E-state index contributed by atoms with van der Waals surface area (Å²) in [5.41, 5.74) is 4.58. The Bertz CT molecular complexity index is 725. The highest BCUT2D eigenvalue weighted by Crippen LogP contribution is 2.24. The fourth-order valence-electron chi connectivity index (χ4n) is 2.73. The monoisotopic (exact) mass is 341 g/mol. The topological polar surface area (TPSA) is 47.6 Å². The number of carbonyl (C=O) groups is 1. The Hall–Kier alpha value is -2.33. The zero-order valence-corrected chi connectivity index (χ0v) is 15.5. The molecule has 1 N–H and O–H groups in total. The van der Waals surface area contributed by atoms with Crippen LogP contribution in [0.4, 0.5) is 5.69 Å². The minimum absolute atomic E-state index is 0.121. The molecule has 25 heavy (non-hydrogen) atoms. The summed E-state index contributed by atoms with van der Waals surface area (Å²) in [6.45, 7) is 9.60. The number of anilines is 1. The van der Waals surface area contributed by atoms with Crippen molar-refractivity contribution in [2.24, 2.45) is 0 Å². The van der Waals surface area contributed by atoms with E-state index in [1.807, 2.05) is 51.1 Å². The van der Waals surface area contributed by atoms with E-state index in [-0.39, 0.29) is 5.91 Å². The number of para-hydroxylation sites is 1. The second-order valence-electron chi connectivity index (χ2n) is 5.81. The van der Waals surface area contributed by atoms with Crippen LogP contribution in [-0.2, 0) is 17.8 Å². The molecule has 0 saturated heterocycles. The van der Waals surface area contributed by atoms with Gasteiger partial charge < -0.3 is 14.8 Å². The molecule has 0 atom stereocenters. The van der Waals surface area contributed by atoms with Crippen molar-refractivity contribution in [3.63, 3.8) is 0 Å². The molecule has 0 saturated carbocycles. The molecule has 4 heteroatoms. The van der Waals surface area contributed by atoms with E-state index in [4.69, 9.17) is 9.47 Å². The maximum atomic E-state index is 12.7. The van der Waals surface area contributed by atoms with Crippen LogP contribution in [0.1, 0.15) is 47.8 Å². The van der Waals surface area contributed by atoms with Gasteiger partial charge in [0.15, 0.2) is 0 Å². The number of benzene rings is 2. The summed E-state index contributed by atoms with van der Waals surface area (Å²) in [4.78, 5) is 12.7. The highest BCUT2D eigenvalue weighted by Gasteiger charge is 2.13. The number of hydrogen-bond donors (Lipinski definition) is 1. The van der Waals surface area contributed by atoms with Gasteiger partial charge in [-0.3, -0.25) is 4.79 Å². The molecule has 0 unspecified atom stereocenters. The maximum absolute atomic E-state index is 12.7. The van der Waals surface area contributed by atoms with Gasteiger partial charge in [0.1, 0.15) is 5.75 Å². The average Bonchev–Trinajstić information content (AvgIpc) is 2.62. The smallest absolute Gasteiger partial charge is 0.255 e. The quantitative estimate of drug-likeness (QED) is 0.754. The largest absolute Gasteiger partial charge is 0.494 e. The third kappa shape index (κ3) is 4.83.